The molecule has 2 aliphatic rings. The van der Waals surface area contributed by atoms with Crippen molar-refractivity contribution in [1.29, 1.82) is 0 Å². The van der Waals surface area contributed by atoms with Crippen molar-refractivity contribution in [2.24, 2.45) is 17.8 Å². The highest BCUT2D eigenvalue weighted by atomic mass is 19.3. The van der Waals surface area contributed by atoms with Gasteiger partial charge in [0, 0.05) is 38.2 Å². The minimum absolute atomic E-state index is 0.120. The third-order valence-electron chi connectivity index (χ3n) is 7.69. The van der Waals surface area contributed by atoms with E-state index in [1.165, 1.54) is 19.3 Å². The zero-order valence-corrected chi connectivity index (χ0v) is 20.9. The Hall–Kier alpha value is -1.37. The number of carboxylic acids is 1. The fourth-order valence-corrected chi connectivity index (χ4v) is 5.57. The Balaban J connectivity index is 1.93. The maximum Gasteiger partial charge on any atom is 0.305 e. The largest absolute Gasteiger partial charge is 0.481 e. The summed E-state index contributed by atoms with van der Waals surface area (Å²) in [5, 5.41) is 8.76. The molecule has 1 N–H and O–H groups in total. The summed E-state index contributed by atoms with van der Waals surface area (Å²) in [6, 6.07) is 0. The van der Waals surface area contributed by atoms with Crippen LogP contribution in [0.4, 0.5) is 8.78 Å². The number of hydrogen-bond acceptors (Lipinski definition) is 4. The maximum atomic E-state index is 14.2. The van der Waals surface area contributed by atoms with E-state index in [0.29, 0.717) is 44.6 Å². The molecule has 2 fully saturated rings. The first-order valence-electron chi connectivity index (χ1n) is 13.5. The summed E-state index contributed by atoms with van der Waals surface area (Å²) in [7, 11) is 0. The van der Waals surface area contributed by atoms with Crippen LogP contribution in [0, 0.1) is 17.8 Å². The predicted molar refractivity (Wildman–Crippen MR) is 127 cm³/mol. The van der Waals surface area contributed by atoms with Gasteiger partial charge in [-0.2, -0.15) is 8.78 Å². The van der Waals surface area contributed by atoms with Gasteiger partial charge in [-0.15, -0.1) is 0 Å². The maximum absolute atomic E-state index is 14.2. The fraction of sp³-hybridized carbons (Fsp3) is 0.889. The Morgan fingerprint density at radius 2 is 1.71 bits per heavy atom. The number of carboxylic acid groups (broad SMARTS) is 1. The van der Waals surface area contributed by atoms with Crippen LogP contribution in [0.15, 0.2) is 0 Å². The number of ketones is 2. The van der Waals surface area contributed by atoms with E-state index in [9.17, 15) is 23.2 Å². The van der Waals surface area contributed by atoms with Gasteiger partial charge in [-0.25, -0.2) is 0 Å². The minimum Gasteiger partial charge on any atom is -0.481 e. The van der Waals surface area contributed by atoms with Crippen LogP contribution in [0.2, 0.25) is 0 Å². The molecular formula is C27H44F2O5. The Labute approximate surface area is 203 Å². The molecule has 0 spiro atoms. The third-order valence-corrected chi connectivity index (χ3v) is 7.69. The topological polar surface area (TPSA) is 80.7 Å². The van der Waals surface area contributed by atoms with Gasteiger partial charge in [-0.05, 0) is 50.4 Å². The van der Waals surface area contributed by atoms with E-state index in [-0.39, 0.29) is 43.0 Å². The van der Waals surface area contributed by atoms with Gasteiger partial charge in [0.15, 0.2) is 0 Å². The van der Waals surface area contributed by atoms with E-state index in [1.54, 1.807) is 0 Å². The molecule has 0 aromatic heterocycles. The molecule has 0 aromatic rings. The van der Waals surface area contributed by atoms with Crippen molar-refractivity contribution in [2.45, 2.75) is 128 Å². The van der Waals surface area contributed by atoms with Crippen molar-refractivity contribution in [3.8, 4) is 0 Å². The van der Waals surface area contributed by atoms with Gasteiger partial charge >= 0.3 is 11.9 Å². The van der Waals surface area contributed by atoms with E-state index in [2.05, 4.69) is 0 Å². The molecule has 196 valence electrons. The average molecular weight is 487 g/mol. The number of aliphatic carboxylic acids is 1. The molecule has 3 atom stereocenters. The molecule has 0 amide bonds. The number of carbonyl (C=O) groups is 3. The smallest absolute Gasteiger partial charge is 0.305 e. The second-order valence-electron chi connectivity index (χ2n) is 10.4. The van der Waals surface area contributed by atoms with Crippen LogP contribution in [-0.2, 0) is 19.1 Å². The highest BCUT2D eigenvalue weighted by molar-refractivity contribution is 5.86. The second kappa shape index (κ2) is 14.9. The van der Waals surface area contributed by atoms with Gasteiger partial charge in [-0.3, -0.25) is 14.4 Å². The van der Waals surface area contributed by atoms with Crippen molar-refractivity contribution in [3.63, 3.8) is 0 Å². The molecule has 0 unspecified atom stereocenters. The molecular weight excluding hydrogens is 442 g/mol. The van der Waals surface area contributed by atoms with Crippen LogP contribution in [0.3, 0.4) is 0 Å². The number of halogens is 2. The van der Waals surface area contributed by atoms with Gasteiger partial charge in [0.1, 0.15) is 5.78 Å². The zero-order valence-electron chi connectivity index (χ0n) is 20.9. The van der Waals surface area contributed by atoms with Gasteiger partial charge in [-0.1, -0.05) is 51.9 Å². The molecule has 0 saturated heterocycles. The Bertz CT molecular complexity index is 645. The number of unbranched alkanes of at least 4 members (excludes halogenated alkanes) is 4. The lowest BCUT2D eigenvalue weighted by molar-refractivity contribution is -0.145. The molecule has 2 aliphatic carbocycles. The summed E-state index contributed by atoms with van der Waals surface area (Å²) in [6.07, 6.45) is 10.4. The molecule has 0 aromatic carbocycles. The van der Waals surface area contributed by atoms with Crippen molar-refractivity contribution in [3.05, 3.63) is 0 Å². The van der Waals surface area contributed by atoms with Gasteiger partial charge < -0.3 is 9.84 Å². The lowest BCUT2D eigenvalue weighted by Gasteiger charge is -2.28. The molecule has 5 nitrogen and oxygen atoms in total. The Morgan fingerprint density at radius 1 is 1.00 bits per heavy atom. The van der Waals surface area contributed by atoms with Crippen LogP contribution in [-0.4, -0.2) is 41.3 Å². The standard InChI is InChI=1S/C27H44F2O5/c1-2-3-17-27(28,29)25(31)16-15-22-21(13-9-4-5-10-14-26(32)33)23(30)18-24(22)34-19-20-11-7-6-8-12-20/h20-22,24H,2-19H2,1H3,(H,32,33)/t21-,22-,24-/m1/s1. The molecule has 0 aliphatic heterocycles. The lowest BCUT2D eigenvalue weighted by atomic mass is 9.84. The van der Waals surface area contributed by atoms with Crippen molar-refractivity contribution < 1.29 is 33.0 Å². The number of alkyl halides is 2. The summed E-state index contributed by atoms with van der Waals surface area (Å²) in [5.41, 5.74) is 0. The number of hydrogen-bond donors (Lipinski definition) is 1. The van der Waals surface area contributed by atoms with E-state index in [0.717, 1.165) is 32.1 Å². The van der Waals surface area contributed by atoms with E-state index in [1.807, 2.05) is 6.92 Å². The highest BCUT2D eigenvalue weighted by Gasteiger charge is 2.44. The third kappa shape index (κ3) is 9.71. The van der Waals surface area contributed by atoms with Gasteiger partial charge in [0.2, 0.25) is 5.78 Å². The van der Waals surface area contributed by atoms with Crippen molar-refractivity contribution >= 4 is 17.5 Å². The summed E-state index contributed by atoms with van der Waals surface area (Å²) < 4.78 is 34.7. The summed E-state index contributed by atoms with van der Waals surface area (Å²) in [5.74, 6) is -4.94. The van der Waals surface area contributed by atoms with Crippen LogP contribution in [0.5, 0.6) is 0 Å². The van der Waals surface area contributed by atoms with Crippen molar-refractivity contribution in [2.75, 3.05) is 6.61 Å². The fourth-order valence-electron chi connectivity index (χ4n) is 5.57. The van der Waals surface area contributed by atoms with E-state index < -0.39 is 24.1 Å². The molecule has 0 radical (unpaired) electrons. The number of Topliss-reactive ketones (excluding diaryl/α,β-unsaturated/α-hetero) is 2. The van der Waals surface area contributed by atoms with Crippen LogP contribution >= 0.6 is 0 Å². The first kappa shape index (κ1) is 28.9. The summed E-state index contributed by atoms with van der Waals surface area (Å²) in [6.45, 7) is 2.43. The number of rotatable bonds is 17. The number of ether oxygens (including phenoxy) is 1. The SMILES string of the molecule is CCCCC(F)(F)C(=O)CC[C@H]1[C@H](OCC2CCCCC2)CC(=O)[C@@H]1CCCCCCC(=O)O. The summed E-state index contributed by atoms with van der Waals surface area (Å²) >= 11 is 0. The van der Waals surface area contributed by atoms with Crippen molar-refractivity contribution in [1.82, 2.24) is 0 Å². The van der Waals surface area contributed by atoms with E-state index >= 15 is 0 Å². The summed E-state index contributed by atoms with van der Waals surface area (Å²) in [4.78, 5) is 35.8. The molecule has 2 saturated carbocycles. The second-order valence-corrected chi connectivity index (χ2v) is 10.4. The lowest BCUT2D eigenvalue weighted by Crippen LogP contribution is -2.31. The minimum atomic E-state index is -3.29. The van der Waals surface area contributed by atoms with Crippen LogP contribution < -0.4 is 0 Å². The van der Waals surface area contributed by atoms with E-state index in [4.69, 9.17) is 9.84 Å². The molecule has 0 heterocycles. The average Bonchev–Trinajstić information content (AvgIpc) is 3.11. The van der Waals surface area contributed by atoms with Gasteiger partial charge in [0.25, 0.3) is 0 Å². The monoisotopic (exact) mass is 486 g/mol. The van der Waals surface area contributed by atoms with Gasteiger partial charge in [0.05, 0.1) is 6.10 Å². The predicted octanol–water partition coefficient (Wildman–Crippen LogP) is 6.76. The Morgan fingerprint density at radius 3 is 2.38 bits per heavy atom. The highest BCUT2D eigenvalue weighted by Crippen LogP contribution is 2.39. The zero-order chi connectivity index (χ0) is 25.0. The van der Waals surface area contributed by atoms with Crippen LogP contribution in [0.1, 0.15) is 116 Å². The first-order chi connectivity index (χ1) is 16.2. The number of carbonyl (C=O) groups excluding carboxylic acids is 2. The quantitative estimate of drug-likeness (QED) is 0.230. The Kier molecular flexibility index (Phi) is 12.6. The normalized spacial score (nSPS) is 24.0. The van der Waals surface area contributed by atoms with Crippen LogP contribution in [0.25, 0.3) is 0 Å². The molecule has 0 bridgehead atoms. The molecule has 34 heavy (non-hydrogen) atoms. The molecule has 7 heteroatoms. The first-order valence-corrected chi connectivity index (χ1v) is 13.5. The molecule has 2 rings (SSSR count).